The van der Waals surface area contributed by atoms with Crippen LogP contribution in [0.3, 0.4) is 0 Å². The number of aromatic nitrogens is 1. The number of benzene rings is 2. The molecule has 0 unspecified atom stereocenters. The van der Waals surface area contributed by atoms with Crippen molar-refractivity contribution in [2.45, 2.75) is 19.4 Å². The van der Waals surface area contributed by atoms with Gasteiger partial charge in [-0.15, -0.1) is 12.4 Å². The van der Waals surface area contributed by atoms with Gasteiger partial charge in [0.2, 0.25) is 5.91 Å². The molecular formula is C21H24ClN3O2. The Morgan fingerprint density at radius 3 is 2.63 bits per heavy atom. The first-order valence-corrected chi connectivity index (χ1v) is 9.00. The number of rotatable bonds is 4. The van der Waals surface area contributed by atoms with Crippen molar-refractivity contribution in [1.82, 2.24) is 9.88 Å². The van der Waals surface area contributed by atoms with Gasteiger partial charge in [0.1, 0.15) is 12.3 Å². The number of nitrogens with zero attached hydrogens (tertiary/aromatic N) is 1. The van der Waals surface area contributed by atoms with Gasteiger partial charge in [-0.2, -0.15) is 0 Å². The summed E-state index contributed by atoms with van der Waals surface area (Å²) < 4.78 is 7.34. The average Bonchev–Trinajstić information content (AvgIpc) is 2.82. The van der Waals surface area contributed by atoms with Gasteiger partial charge in [-0.25, -0.2) is 0 Å². The van der Waals surface area contributed by atoms with Crippen LogP contribution in [-0.2, 0) is 24.2 Å². The maximum atomic E-state index is 12.7. The van der Waals surface area contributed by atoms with Gasteiger partial charge in [-0.1, -0.05) is 18.2 Å². The molecule has 5 nitrogen and oxygen atoms in total. The fourth-order valence-electron chi connectivity index (χ4n) is 3.74. The highest BCUT2D eigenvalue weighted by molar-refractivity contribution is 5.93. The Morgan fingerprint density at radius 1 is 1.11 bits per heavy atom. The molecule has 1 aliphatic rings. The standard InChI is InChI=1S/C21H23N3O2.ClH/c1-26-16-8-6-15(7-9-16)23-21(25)14-24-19-5-3-2-4-17(19)18-10-12-22-13-11-20(18)24;/h2-9,22H,10-14H2,1H3,(H,23,25);1H. The van der Waals surface area contributed by atoms with Crippen molar-refractivity contribution in [1.29, 1.82) is 0 Å². The van der Waals surface area contributed by atoms with Gasteiger partial charge in [-0.3, -0.25) is 4.79 Å². The van der Waals surface area contributed by atoms with Gasteiger partial charge in [0.15, 0.2) is 0 Å². The number of nitrogens with one attached hydrogen (secondary N) is 2. The van der Waals surface area contributed by atoms with E-state index in [9.17, 15) is 4.79 Å². The van der Waals surface area contributed by atoms with Crippen molar-refractivity contribution in [3.63, 3.8) is 0 Å². The summed E-state index contributed by atoms with van der Waals surface area (Å²) in [6, 6.07) is 15.8. The topological polar surface area (TPSA) is 55.3 Å². The minimum Gasteiger partial charge on any atom is -0.497 e. The molecule has 0 atom stereocenters. The number of ether oxygens (including phenoxy) is 1. The van der Waals surface area contributed by atoms with Gasteiger partial charge in [-0.05, 0) is 48.9 Å². The second-order valence-electron chi connectivity index (χ2n) is 6.56. The Bertz CT molecular complexity index is 934. The highest BCUT2D eigenvalue weighted by atomic mass is 35.5. The lowest BCUT2D eigenvalue weighted by Gasteiger charge is -2.12. The summed E-state index contributed by atoms with van der Waals surface area (Å²) in [5.74, 6) is 0.758. The molecule has 0 fully saturated rings. The van der Waals surface area contributed by atoms with Crippen LogP contribution in [0.5, 0.6) is 5.75 Å². The maximum absolute atomic E-state index is 12.7. The molecule has 2 N–H and O–H groups in total. The van der Waals surface area contributed by atoms with Crippen LogP contribution in [-0.4, -0.2) is 30.7 Å². The van der Waals surface area contributed by atoms with E-state index in [2.05, 4.69) is 33.4 Å². The summed E-state index contributed by atoms with van der Waals surface area (Å²) in [7, 11) is 1.63. The summed E-state index contributed by atoms with van der Waals surface area (Å²) in [4.78, 5) is 12.7. The van der Waals surface area contributed by atoms with Crippen LogP contribution in [0.1, 0.15) is 11.3 Å². The lowest BCUT2D eigenvalue weighted by Crippen LogP contribution is -2.21. The SMILES string of the molecule is COc1ccc(NC(=O)Cn2c3c(c4ccccc42)CCNCC3)cc1.Cl. The fraction of sp³-hybridized carbons (Fsp3) is 0.286. The van der Waals surface area contributed by atoms with Crippen LogP contribution in [0.4, 0.5) is 5.69 Å². The third-order valence-corrected chi connectivity index (χ3v) is 4.96. The number of anilines is 1. The van der Waals surface area contributed by atoms with E-state index in [1.807, 2.05) is 30.3 Å². The number of fused-ring (bicyclic) bond motifs is 3. The lowest BCUT2D eigenvalue weighted by atomic mass is 10.1. The molecule has 1 amide bonds. The normalized spacial score (nSPS) is 13.4. The van der Waals surface area contributed by atoms with Crippen molar-refractivity contribution in [3.05, 3.63) is 59.8 Å². The molecule has 6 heteroatoms. The molecule has 2 aromatic carbocycles. The molecule has 0 aliphatic carbocycles. The van der Waals surface area contributed by atoms with Gasteiger partial charge < -0.3 is 19.9 Å². The van der Waals surface area contributed by atoms with E-state index in [-0.39, 0.29) is 18.3 Å². The number of carbonyl (C=O) groups excluding carboxylic acids is 1. The number of para-hydroxylation sites is 1. The summed E-state index contributed by atoms with van der Waals surface area (Å²) in [5.41, 5.74) is 4.58. The monoisotopic (exact) mass is 385 g/mol. The summed E-state index contributed by atoms with van der Waals surface area (Å²) in [5, 5.41) is 7.71. The quantitative estimate of drug-likeness (QED) is 0.723. The van der Waals surface area contributed by atoms with Crippen LogP contribution < -0.4 is 15.4 Å². The molecule has 0 saturated carbocycles. The number of methoxy groups -OCH3 is 1. The average molecular weight is 386 g/mol. The Hall–Kier alpha value is -2.50. The Morgan fingerprint density at radius 2 is 1.85 bits per heavy atom. The van der Waals surface area contributed by atoms with Crippen LogP contribution in [0.2, 0.25) is 0 Å². The van der Waals surface area contributed by atoms with Crippen molar-refractivity contribution < 1.29 is 9.53 Å². The van der Waals surface area contributed by atoms with E-state index in [0.717, 1.165) is 42.9 Å². The van der Waals surface area contributed by atoms with Crippen molar-refractivity contribution >= 4 is 34.9 Å². The molecule has 0 spiro atoms. The third-order valence-electron chi connectivity index (χ3n) is 4.96. The number of hydrogen-bond acceptors (Lipinski definition) is 3. The predicted octanol–water partition coefficient (Wildman–Crippen LogP) is 3.40. The van der Waals surface area contributed by atoms with Gasteiger partial charge >= 0.3 is 0 Å². The molecule has 27 heavy (non-hydrogen) atoms. The smallest absolute Gasteiger partial charge is 0.244 e. The predicted molar refractivity (Wildman–Crippen MR) is 111 cm³/mol. The van der Waals surface area contributed by atoms with Crippen molar-refractivity contribution in [2.24, 2.45) is 0 Å². The van der Waals surface area contributed by atoms with E-state index >= 15 is 0 Å². The molecule has 0 bridgehead atoms. The van der Waals surface area contributed by atoms with Crippen LogP contribution >= 0.6 is 12.4 Å². The fourth-order valence-corrected chi connectivity index (χ4v) is 3.74. The molecule has 1 aromatic heterocycles. The zero-order chi connectivity index (χ0) is 17.9. The van der Waals surface area contributed by atoms with Crippen LogP contribution in [0.25, 0.3) is 10.9 Å². The Balaban J connectivity index is 0.00000210. The second-order valence-corrected chi connectivity index (χ2v) is 6.56. The third kappa shape index (κ3) is 3.94. The zero-order valence-electron chi connectivity index (χ0n) is 15.3. The Kier molecular flexibility index (Phi) is 6.04. The molecule has 3 aromatic rings. The first-order valence-electron chi connectivity index (χ1n) is 9.00. The number of hydrogen-bond donors (Lipinski definition) is 2. The van der Waals surface area contributed by atoms with Crippen LogP contribution in [0.15, 0.2) is 48.5 Å². The lowest BCUT2D eigenvalue weighted by molar-refractivity contribution is -0.116. The molecule has 0 radical (unpaired) electrons. The Labute approximate surface area is 165 Å². The number of amides is 1. The summed E-state index contributed by atoms with van der Waals surface area (Å²) >= 11 is 0. The van der Waals surface area contributed by atoms with E-state index in [4.69, 9.17) is 4.74 Å². The largest absolute Gasteiger partial charge is 0.497 e. The summed E-state index contributed by atoms with van der Waals surface area (Å²) in [6.45, 7) is 2.25. The van der Waals surface area contributed by atoms with E-state index in [0.29, 0.717) is 6.54 Å². The van der Waals surface area contributed by atoms with Gasteiger partial charge in [0.05, 0.1) is 7.11 Å². The minimum atomic E-state index is -0.0177. The minimum absolute atomic E-state index is 0. The number of halogens is 1. The molecule has 142 valence electrons. The first-order chi connectivity index (χ1) is 12.8. The van der Waals surface area contributed by atoms with E-state index in [1.54, 1.807) is 7.11 Å². The molecular weight excluding hydrogens is 362 g/mol. The van der Waals surface area contributed by atoms with Crippen molar-refractivity contribution in [2.75, 3.05) is 25.5 Å². The van der Waals surface area contributed by atoms with E-state index < -0.39 is 0 Å². The maximum Gasteiger partial charge on any atom is 0.244 e. The second kappa shape index (κ2) is 8.46. The zero-order valence-corrected chi connectivity index (χ0v) is 16.1. The number of carbonyl (C=O) groups is 1. The molecule has 0 saturated heterocycles. The highest BCUT2D eigenvalue weighted by Gasteiger charge is 2.19. The summed E-state index contributed by atoms with van der Waals surface area (Å²) in [6.07, 6.45) is 1.95. The van der Waals surface area contributed by atoms with Gasteiger partial charge in [0, 0.05) is 35.2 Å². The van der Waals surface area contributed by atoms with Crippen LogP contribution in [0, 0.1) is 0 Å². The van der Waals surface area contributed by atoms with E-state index in [1.165, 1.54) is 16.6 Å². The van der Waals surface area contributed by atoms with Crippen molar-refractivity contribution in [3.8, 4) is 5.75 Å². The first kappa shape index (κ1) is 19.3. The molecule has 4 rings (SSSR count). The highest BCUT2D eigenvalue weighted by Crippen LogP contribution is 2.28. The molecule has 2 heterocycles. The molecule has 1 aliphatic heterocycles. The van der Waals surface area contributed by atoms with Gasteiger partial charge in [0.25, 0.3) is 0 Å².